The van der Waals surface area contributed by atoms with Crippen molar-refractivity contribution in [2.75, 3.05) is 0 Å². The Hall–Kier alpha value is 1.93. The molecule has 0 aliphatic heterocycles. The zero-order chi connectivity index (χ0) is 0. The van der Waals surface area contributed by atoms with Crippen LogP contribution in [0.3, 0.4) is 0 Å². The minimum absolute atomic E-state index is 0. The summed E-state index contributed by atoms with van der Waals surface area (Å²) in [6.45, 7) is 0. The van der Waals surface area contributed by atoms with Gasteiger partial charge in [-0.3, -0.25) is 0 Å². The molecule has 0 rings (SSSR count). The van der Waals surface area contributed by atoms with E-state index in [0.29, 0.717) is 0 Å². The SMILES string of the molecule is Cl.Cl.Cl.O.[Y]. The molecule has 0 heterocycles. The fraction of sp³-hybridized carbons (Fsp3) is 0. The van der Waals surface area contributed by atoms with Gasteiger partial charge in [-0.2, -0.15) is 0 Å². The minimum Gasteiger partial charge on any atom is -0.412 e. The van der Waals surface area contributed by atoms with E-state index in [0.717, 1.165) is 0 Å². The van der Waals surface area contributed by atoms with Gasteiger partial charge in [0.2, 0.25) is 0 Å². The van der Waals surface area contributed by atoms with Crippen molar-refractivity contribution in [2.24, 2.45) is 0 Å². The topological polar surface area (TPSA) is 31.5 Å². The van der Waals surface area contributed by atoms with Crippen molar-refractivity contribution in [3.05, 3.63) is 0 Å². The van der Waals surface area contributed by atoms with Gasteiger partial charge < -0.3 is 5.48 Å². The summed E-state index contributed by atoms with van der Waals surface area (Å²) >= 11 is 0. The fourth-order valence-corrected chi connectivity index (χ4v) is 0. The normalized spacial score (nSPS) is 0. The molecule has 0 amide bonds. The summed E-state index contributed by atoms with van der Waals surface area (Å²) < 4.78 is 0. The maximum Gasteiger partial charge on any atom is 0 e. The van der Waals surface area contributed by atoms with E-state index in [9.17, 15) is 0 Å². The van der Waals surface area contributed by atoms with Gasteiger partial charge in [0.25, 0.3) is 0 Å². The molecular formula is H5Cl3OY. The fourth-order valence-electron chi connectivity index (χ4n) is 0. The smallest absolute Gasteiger partial charge is 0 e. The van der Waals surface area contributed by atoms with Crippen LogP contribution in [0.15, 0.2) is 0 Å². The van der Waals surface area contributed by atoms with Crippen LogP contribution in [0.5, 0.6) is 0 Å². The molecule has 0 aliphatic carbocycles. The maximum absolute atomic E-state index is 0. The summed E-state index contributed by atoms with van der Waals surface area (Å²) in [6, 6.07) is 0. The van der Waals surface area contributed by atoms with Crippen molar-refractivity contribution in [3.63, 3.8) is 0 Å². The van der Waals surface area contributed by atoms with Gasteiger partial charge >= 0.3 is 0 Å². The molecule has 0 fully saturated rings. The minimum atomic E-state index is 0. The Labute approximate surface area is 74.7 Å². The average molecular weight is 216 g/mol. The average Bonchev–Trinajstić information content (AvgIpc) is 0. The second kappa shape index (κ2) is 38.6. The van der Waals surface area contributed by atoms with Gasteiger partial charge in [0.05, 0.1) is 0 Å². The molecular weight excluding hydrogens is 211 g/mol. The second-order valence-electron chi connectivity index (χ2n) is 0. The summed E-state index contributed by atoms with van der Waals surface area (Å²) in [7, 11) is 0. The number of rotatable bonds is 0. The van der Waals surface area contributed by atoms with E-state index < -0.39 is 0 Å². The van der Waals surface area contributed by atoms with E-state index >= 15 is 0 Å². The largest absolute Gasteiger partial charge is 0.412 e. The molecule has 35 valence electrons. The summed E-state index contributed by atoms with van der Waals surface area (Å²) in [5.41, 5.74) is 0. The summed E-state index contributed by atoms with van der Waals surface area (Å²) in [5, 5.41) is 0. The Balaban J connectivity index is 0. The van der Waals surface area contributed by atoms with Crippen molar-refractivity contribution in [1.29, 1.82) is 0 Å². The summed E-state index contributed by atoms with van der Waals surface area (Å²) in [6.07, 6.45) is 0. The van der Waals surface area contributed by atoms with Gasteiger partial charge in [-0.15, -0.1) is 37.2 Å². The van der Waals surface area contributed by atoms with E-state index in [1.807, 2.05) is 0 Å². The van der Waals surface area contributed by atoms with E-state index in [4.69, 9.17) is 0 Å². The Kier molecular flexibility index (Phi) is 504. The zero-order valence-electron chi connectivity index (χ0n) is 2.30. The second-order valence-corrected chi connectivity index (χ2v) is 0. The van der Waals surface area contributed by atoms with Gasteiger partial charge in [-0.1, -0.05) is 0 Å². The molecule has 5 heavy (non-hydrogen) atoms. The van der Waals surface area contributed by atoms with Crippen LogP contribution in [0.25, 0.3) is 0 Å². The first kappa shape index (κ1) is 65.3. The molecule has 0 saturated heterocycles. The first-order valence-electron chi connectivity index (χ1n) is 0. The third kappa shape index (κ3) is 24.6. The first-order chi connectivity index (χ1) is 0. The monoisotopic (exact) mass is 215 g/mol. The van der Waals surface area contributed by atoms with Crippen molar-refractivity contribution >= 4 is 37.2 Å². The summed E-state index contributed by atoms with van der Waals surface area (Å²) in [5.74, 6) is 0. The van der Waals surface area contributed by atoms with Crippen LogP contribution in [-0.2, 0) is 32.7 Å². The van der Waals surface area contributed by atoms with Crippen LogP contribution in [0, 0.1) is 0 Å². The first-order valence-corrected chi connectivity index (χ1v) is 0. The molecule has 0 spiro atoms. The number of halogens is 3. The van der Waals surface area contributed by atoms with E-state index in [1.54, 1.807) is 0 Å². The van der Waals surface area contributed by atoms with Crippen LogP contribution in [0.2, 0.25) is 0 Å². The quantitative estimate of drug-likeness (QED) is 0.563. The third-order valence-electron chi connectivity index (χ3n) is 0. The Morgan fingerprint density at radius 1 is 0.600 bits per heavy atom. The molecule has 0 unspecified atom stereocenters. The van der Waals surface area contributed by atoms with Crippen LogP contribution in [0.4, 0.5) is 0 Å². The van der Waals surface area contributed by atoms with Crippen molar-refractivity contribution < 1.29 is 38.2 Å². The van der Waals surface area contributed by atoms with E-state index in [2.05, 4.69) is 0 Å². The molecule has 0 atom stereocenters. The van der Waals surface area contributed by atoms with E-state index in [-0.39, 0.29) is 75.4 Å². The Morgan fingerprint density at radius 3 is 0.600 bits per heavy atom. The van der Waals surface area contributed by atoms with Crippen LogP contribution in [0.1, 0.15) is 0 Å². The van der Waals surface area contributed by atoms with Gasteiger partial charge in [0.1, 0.15) is 0 Å². The van der Waals surface area contributed by atoms with Crippen molar-refractivity contribution in [3.8, 4) is 0 Å². The molecule has 2 N–H and O–H groups in total. The Bertz CT molecular complexity index is 6.85. The third-order valence-corrected chi connectivity index (χ3v) is 0. The molecule has 0 aromatic heterocycles. The summed E-state index contributed by atoms with van der Waals surface area (Å²) in [4.78, 5) is 0. The maximum atomic E-state index is 0. The van der Waals surface area contributed by atoms with Gasteiger partial charge in [-0.05, 0) is 0 Å². The molecule has 0 bridgehead atoms. The number of hydrogen-bond acceptors (Lipinski definition) is 0. The number of hydrogen-bond donors (Lipinski definition) is 0. The molecule has 1 nitrogen and oxygen atoms in total. The standard InChI is InChI=1S/3ClH.H2O.Y/h3*1H;1H2;. The van der Waals surface area contributed by atoms with Gasteiger partial charge in [0, 0.05) is 32.7 Å². The molecule has 5 heteroatoms. The van der Waals surface area contributed by atoms with Gasteiger partial charge in [-0.25, -0.2) is 0 Å². The predicted molar refractivity (Wildman–Crippen MR) is 25.4 cm³/mol. The molecule has 0 saturated carbocycles. The molecule has 0 aliphatic rings. The van der Waals surface area contributed by atoms with Gasteiger partial charge in [0.15, 0.2) is 0 Å². The van der Waals surface area contributed by atoms with E-state index in [1.165, 1.54) is 0 Å². The van der Waals surface area contributed by atoms with Crippen molar-refractivity contribution in [2.45, 2.75) is 0 Å². The molecule has 1 radical (unpaired) electrons. The van der Waals surface area contributed by atoms with Crippen LogP contribution >= 0.6 is 37.2 Å². The predicted octanol–water partition coefficient (Wildman–Crippen LogP) is 0.438. The van der Waals surface area contributed by atoms with Crippen molar-refractivity contribution in [1.82, 2.24) is 0 Å². The zero-order valence-corrected chi connectivity index (χ0v) is 7.59. The Morgan fingerprint density at radius 2 is 0.600 bits per heavy atom. The van der Waals surface area contributed by atoms with Crippen LogP contribution in [-0.4, -0.2) is 5.48 Å². The molecule has 0 aromatic rings. The molecule has 0 aromatic carbocycles. The van der Waals surface area contributed by atoms with Crippen LogP contribution < -0.4 is 0 Å².